The standard InChI is InChI=1S/C10H12O3/c11-10(12)8-4-3-7(6-8)9-2-1-5-13-9/h1-2,5,7-8H,3-4,6H2,(H,11,12). The van der Waals surface area contributed by atoms with E-state index in [-0.39, 0.29) is 5.92 Å². The average Bonchev–Trinajstić information content (AvgIpc) is 2.75. The number of carboxylic acids is 1. The van der Waals surface area contributed by atoms with E-state index in [0.717, 1.165) is 25.0 Å². The predicted molar refractivity (Wildman–Crippen MR) is 46.4 cm³/mol. The Morgan fingerprint density at radius 3 is 2.92 bits per heavy atom. The molecule has 0 amide bonds. The largest absolute Gasteiger partial charge is 0.481 e. The van der Waals surface area contributed by atoms with Crippen molar-refractivity contribution >= 4 is 5.97 Å². The van der Waals surface area contributed by atoms with Gasteiger partial charge in [-0.3, -0.25) is 4.79 Å². The van der Waals surface area contributed by atoms with Gasteiger partial charge in [0.2, 0.25) is 0 Å². The summed E-state index contributed by atoms with van der Waals surface area (Å²) in [6, 6.07) is 3.78. The first-order valence-corrected chi connectivity index (χ1v) is 4.53. The Hall–Kier alpha value is -1.25. The normalized spacial score (nSPS) is 27.7. The van der Waals surface area contributed by atoms with Crippen molar-refractivity contribution in [3.05, 3.63) is 24.2 Å². The molecule has 0 bridgehead atoms. The first kappa shape index (κ1) is 8.35. The molecule has 13 heavy (non-hydrogen) atoms. The Morgan fingerprint density at radius 1 is 1.54 bits per heavy atom. The van der Waals surface area contributed by atoms with Gasteiger partial charge in [-0.2, -0.15) is 0 Å². The third-order valence-corrected chi connectivity index (χ3v) is 2.73. The lowest BCUT2D eigenvalue weighted by atomic mass is 10.0. The molecule has 2 rings (SSSR count). The van der Waals surface area contributed by atoms with Crippen LogP contribution in [-0.4, -0.2) is 11.1 Å². The molecule has 3 nitrogen and oxygen atoms in total. The Balaban J connectivity index is 2.03. The van der Waals surface area contributed by atoms with Gasteiger partial charge in [0.1, 0.15) is 5.76 Å². The van der Waals surface area contributed by atoms with Gasteiger partial charge < -0.3 is 9.52 Å². The molecule has 0 radical (unpaired) electrons. The summed E-state index contributed by atoms with van der Waals surface area (Å²) in [4.78, 5) is 10.7. The van der Waals surface area contributed by atoms with E-state index >= 15 is 0 Å². The molecule has 0 saturated heterocycles. The molecule has 1 heterocycles. The molecular formula is C10H12O3. The van der Waals surface area contributed by atoms with Crippen LogP contribution < -0.4 is 0 Å². The Kier molecular flexibility index (Phi) is 2.08. The number of aliphatic carboxylic acids is 1. The van der Waals surface area contributed by atoms with Crippen molar-refractivity contribution in [3.8, 4) is 0 Å². The lowest BCUT2D eigenvalue weighted by Gasteiger charge is -2.04. The van der Waals surface area contributed by atoms with Gasteiger partial charge in [0.25, 0.3) is 0 Å². The van der Waals surface area contributed by atoms with Crippen LogP contribution in [-0.2, 0) is 4.79 Å². The van der Waals surface area contributed by atoms with Gasteiger partial charge in [0.15, 0.2) is 0 Å². The van der Waals surface area contributed by atoms with E-state index < -0.39 is 5.97 Å². The van der Waals surface area contributed by atoms with Crippen molar-refractivity contribution in [1.29, 1.82) is 0 Å². The highest BCUT2D eigenvalue weighted by atomic mass is 16.4. The van der Waals surface area contributed by atoms with Gasteiger partial charge in [-0.25, -0.2) is 0 Å². The van der Waals surface area contributed by atoms with Crippen LogP contribution in [0.2, 0.25) is 0 Å². The zero-order valence-corrected chi connectivity index (χ0v) is 7.27. The summed E-state index contributed by atoms with van der Waals surface area (Å²) in [6.07, 6.45) is 4.08. The summed E-state index contributed by atoms with van der Waals surface area (Å²) in [5, 5.41) is 8.80. The second kappa shape index (κ2) is 3.24. The van der Waals surface area contributed by atoms with Gasteiger partial charge in [-0.05, 0) is 31.4 Å². The molecule has 0 aliphatic heterocycles. The number of carbonyl (C=O) groups is 1. The maximum absolute atomic E-state index is 10.7. The van der Waals surface area contributed by atoms with E-state index in [1.54, 1.807) is 6.26 Å². The Bertz CT molecular complexity index is 289. The van der Waals surface area contributed by atoms with E-state index in [4.69, 9.17) is 9.52 Å². The van der Waals surface area contributed by atoms with E-state index in [2.05, 4.69) is 0 Å². The van der Waals surface area contributed by atoms with E-state index in [1.165, 1.54) is 0 Å². The van der Waals surface area contributed by atoms with Crippen LogP contribution in [0.5, 0.6) is 0 Å². The second-order valence-electron chi connectivity index (χ2n) is 3.56. The van der Waals surface area contributed by atoms with Crippen molar-refractivity contribution in [2.45, 2.75) is 25.2 Å². The molecule has 1 saturated carbocycles. The molecule has 1 N–H and O–H groups in total. The molecule has 3 heteroatoms. The van der Waals surface area contributed by atoms with Gasteiger partial charge >= 0.3 is 5.97 Å². The molecule has 1 aliphatic rings. The molecule has 0 aromatic carbocycles. The van der Waals surface area contributed by atoms with E-state index in [0.29, 0.717) is 5.92 Å². The van der Waals surface area contributed by atoms with Crippen molar-refractivity contribution in [3.63, 3.8) is 0 Å². The first-order chi connectivity index (χ1) is 6.27. The molecule has 1 aromatic heterocycles. The fraction of sp³-hybridized carbons (Fsp3) is 0.500. The van der Waals surface area contributed by atoms with Crippen molar-refractivity contribution < 1.29 is 14.3 Å². The minimum atomic E-state index is -0.672. The summed E-state index contributed by atoms with van der Waals surface area (Å²) in [5.41, 5.74) is 0. The predicted octanol–water partition coefficient (Wildman–Crippen LogP) is 2.25. The molecule has 2 unspecified atom stereocenters. The highest BCUT2D eigenvalue weighted by molar-refractivity contribution is 5.70. The number of rotatable bonds is 2. The van der Waals surface area contributed by atoms with Crippen molar-refractivity contribution in [2.75, 3.05) is 0 Å². The third-order valence-electron chi connectivity index (χ3n) is 2.73. The van der Waals surface area contributed by atoms with Gasteiger partial charge in [-0.1, -0.05) is 0 Å². The topological polar surface area (TPSA) is 50.4 Å². The van der Waals surface area contributed by atoms with Crippen LogP contribution in [0.1, 0.15) is 30.9 Å². The number of carboxylic acid groups (broad SMARTS) is 1. The van der Waals surface area contributed by atoms with Crippen LogP contribution in [0, 0.1) is 5.92 Å². The number of hydrogen-bond donors (Lipinski definition) is 1. The Labute approximate surface area is 76.4 Å². The highest BCUT2D eigenvalue weighted by Gasteiger charge is 2.31. The summed E-state index contributed by atoms with van der Waals surface area (Å²) in [5.74, 6) is 0.406. The molecular weight excluding hydrogens is 168 g/mol. The lowest BCUT2D eigenvalue weighted by Crippen LogP contribution is -2.09. The fourth-order valence-corrected chi connectivity index (χ4v) is 1.99. The van der Waals surface area contributed by atoms with Crippen LogP contribution in [0.4, 0.5) is 0 Å². The third kappa shape index (κ3) is 1.59. The quantitative estimate of drug-likeness (QED) is 0.759. The smallest absolute Gasteiger partial charge is 0.306 e. The molecule has 70 valence electrons. The molecule has 2 atom stereocenters. The monoisotopic (exact) mass is 180 g/mol. The minimum Gasteiger partial charge on any atom is -0.481 e. The van der Waals surface area contributed by atoms with E-state index in [1.807, 2.05) is 12.1 Å². The van der Waals surface area contributed by atoms with Crippen LogP contribution in [0.25, 0.3) is 0 Å². The van der Waals surface area contributed by atoms with Gasteiger partial charge in [-0.15, -0.1) is 0 Å². The summed E-state index contributed by atoms with van der Waals surface area (Å²) < 4.78 is 5.25. The van der Waals surface area contributed by atoms with Crippen LogP contribution in [0.3, 0.4) is 0 Å². The number of hydrogen-bond acceptors (Lipinski definition) is 2. The van der Waals surface area contributed by atoms with E-state index in [9.17, 15) is 4.79 Å². The fourth-order valence-electron chi connectivity index (χ4n) is 1.99. The summed E-state index contributed by atoms with van der Waals surface area (Å²) in [7, 11) is 0. The minimum absolute atomic E-state index is 0.171. The molecule has 1 aliphatic carbocycles. The van der Waals surface area contributed by atoms with Crippen molar-refractivity contribution in [1.82, 2.24) is 0 Å². The zero-order chi connectivity index (χ0) is 9.26. The maximum Gasteiger partial charge on any atom is 0.306 e. The van der Waals surface area contributed by atoms with Crippen LogP contribution >= 0.6 is 0 Å². The average molecular weight is 180 g/mol. The highest BCUT2D eigenvalue weighted by Crippen LogP contribution is 2.38. The SMILES string of the molecule is O=C(O)C1CCC(c2ccco2)C1. The van der Waals surface area contributed by atoms with Gasteiger partial charge in [0, 0.05) is 5.92 Å². The Morgan fingerprint density at radius 2 is 2.38 bits per heavy atom. The first-order valence-electron chi connectivity index (χ1n) is 4.53. The lowest BCUT2D eigenvalue weighted by molar-refractivity contribution is -0.141. The zero-order valence-electron chi connectivity index (χ0n) is 7.27. The maximum atomic E-state index is 10.7. The molecule has 1 fully saturated rings. The summed E-state index contributed by atoms with van der Waals surface area (Å²) in [6.45, 7) is 0. The summed E-state index contributed by atoms with van der Waals surface area (Å²) >= 11 is 0. The van der Waals surface area contributed by atoms with Crippen molar-refractivity contribution in [2.24, 2.45) is 5.92 Å². The molecule has 1 aromatic rings. The second-order valence-corrected chi connectivity index (χ2v) is 3.56. The number of furan rings is 1. The van der Waals surface area contributed by atoms with Gasteiger partial charge in [0.05, 0.1) is 12.2 Å². The van der Waals surface area contributed by atoms with Crippen LogP contribution in [0.15, 0.2) is 22.8 Å². The molecule has 0 spiro atoms.